The van der Waals surface area contributed by atoms with Crippen LogP contribution >= 0.6 is 31.9 Å². The quantitative estimate of drug-likeness (QED) is 0.186. The van der Waals surface area contributed by atoms with Crippen LogP contribution in [0.3, 0.4) is 0 Å². The first-order valence-electron chi connectivity index (χ1n) is 11.5. The molecular formula is C30H16Br2N2O4. The lowest BCUT2D eigenvalue weighted by molar-refractivity contribution is 0.518. The van der Waals surface area contributed by atoms with Crippen molar-refractivity contribution in [3.8, 4) is 22.9 Å². The van der Waals surface area contributed by atoms with Gasteiger partial charge in [0.15, 0.2) is 0 Å². The first kappa shape index (κ1) is 24.2. The van der Waals surface area contributed by atoms with Gasteiger partial charge in [-0.15, -0.1) is 0 Å². The standard InChI is InChI=1S/C30H16Br2N2O4/c31-21-11-13-25-23(15-21)29(35)37-27(33-25)19-7-3-17(4-8-19)1-2-18-5-9-20(10-6-18)28-34-26-14-12-22(32)16-24(26)30(36)38-28/h1-16H/b2-1+. The highest BCUT2D eigenvalue weighted by atomic mass is 79.9. The van der Waals surface area contributed by atoms with E-state index in [4.69, 9.17) is 8.83 Å². The zero-order valence-electron chi connectivity index (χ0n) is 19.5. The van der Waals surface area contributed by atoms with Gasteiger partial charge in [0.1, 0.15) is 0 Å². The van der Waals surface area contributed by atoms with Gasteiger partial charge < -0.3 is 8.83 Å². The summed E-state index contributed by atoms with van der Waals surface area (Å²) in [6.07, 6.45) is 3.96. The van der Waals surface area contributed by atoms with Crippen LogP contribution < -0.4 is 11.3 Å². The lowest BCUT2D eigenvalue weighted by Gasteiger charge is -2.03. The van der Waals surface area contributed by atoms with Crippen LogP contribution in [0.15, 0.2) is 112 Å². The van der Waals surface area contributed by atoms with Crippen molar-refractivity contribution >= 4 is 65.8 Å². The molecule has 0 saturated heterocycles. The molecule has 0 aliphatic rings. The Morgan fingerprint density at radius 1 is 0.553 bits per heavy atom. The molecule has 2 aromatic heterocycles. The third-order valence-corrected chi connectivity index (χ3v) is 6.95. The predicted molar refractivity (Wildman–Crippen MR) is 156 cm³/mol. The molecule has 0 amide bonds. The number of nitrogens with zero attached hydrogens (tertiary/aromatic N) is 2. The van der Waals surface area contributed by atoms with Gasteiger partial charge in [0.25, 0.3) is 0 Å². The second-order valence-corrected chi connectivity index (χ2v) is 10.3. The summed E-state index contributed by atoms with van der Waals surface area (Å²) in [7, 11) is 0. The Bertz CT molecular complexity index is 1830. The number of benzene rings is 4. The minimum Gasteiger partial charge on any atom is -0.403 e. The fourth-order valence-electron chi connectivity index (χ4n) is 4.00. The van der Waals surface area contributed by atoms with E-state index in [1.54, 1.807) is 24.3 Å². The predicted octanol–water partition coefficient (Wildman–Crippen LogP) is 7.72. The van der Waals surface area contributed by atoms with Gasteiger partial charge in [0.05, 0.1) is 21.8 Å². The van der Waals surface area contributed by atoms with Gasteiger partial charge in [-0.2, -0.15) is 0 Å². The maximum atomic E-state index is 12.4. The zero-order valence-corrected chi connectivity index (χ0v) is 22.7. The summed E-state index contributed by atoms with van der Waals surface area (Å²) < 4.78 is 12.5. The van der Waals surface area contributed by atoms with Crippen molar-refractivity contribution in [3.63, 3.8) is 0 Å². The first-order valence-corrected chi connectivity index (χ1v) is 13.1. The van der Waals surface area contributed by atoms with Crippen molar-refractivity contribution in [3.05, 3.63) is 126 Å². The van der Waals surface area contributed by atoms with Gasteiger partial charge >= 0.3 is 11.3 Å². The minimum atomic E-state index is -0.426. The Kier molecular flexibility index (Phi) is 6.35. The molecule has 0 aliphatic carbocycles. The van der Waals surface area contributed by atoms with Crippen LogP contribution in [0.25, 0.3) is 56.9 Å². The van der Waals surface area contributed by atoms with Gasteiger partial charge in [0.2, 0.25) is 11.8 Å². The molecule has 0 fully saturated rings. The third-order valence-electron chi connectivity index (χ3n) is 5.96. The Morgan fingerprint density at radius 2 is 0.947 bits per heavy atom. The SMILES string of the molecule is O=c1oc(-c2ccc(/C=C/c3ccc(-c4nc5ccc(Br)cc5c(=O)o4)cc3)cc2)nc2ccc(Br)cc12. The Hall–Kier alpha value is -4.14. The molecule has 0 radical (unpaired) electrons. The summed E-state index contributed by atoms with van der Waals surface area (Å²) in [5, 5.41) is 0.862. The van der Waals surface area contributed by atoms with Crippen LogP contribution in [0.5, 0.6) is 0 Å². The topological polar surface area (TPSA) is 86.2 Å². The average molecular weight is 628 g/mol. The molecule has 6 rings (SSSR count). The minimum absolute atomic E-state index is 0.275. The first-order chi connectivity index (χ1) is 18.4. The lowest BCUT2D eigenvalue weighted by atomic mass is 10.1. The summed E-state index contributed by atoms with van der Waals surface area (Å²) in [6.45, 7) is 0. The lowest BCUT2D eigenvalue weighted by Crippen LogP contribution is -2.02. The molecule has 4 aromatic carbocycles. The van der Waals surface area contributed by atoms with Crippen LogP contribution in [0.4, 0.5) is 0 Å². The monoisotopic (exact) mass is 626 g/mol. The maximum Gasteiger partial charge on any atom is 0.347 e. The van der Waals surface area contributed by atoms with E-state index in [-0.39, 0.29) is 11.8 Å². The summed E-state index contributed by atoms with van der Waals surface area (Å²) in [5.41, 5.74) is 3.68. The Labute approximate surface area is 232 Å². The second kappa shape index (κ2) is 9.96. The fourth-order valence-corrected chi connectivity index (χ4v) is 4.72. The van der Waals surface area contributed by atoms with E-state index in [0.29, 0.717) is 32.9 Å². The maximum absolute atomic E-state index is 12.4. The van der Waals surface area contributed by atoms with Gasteiger partial charge in [-0.3, -0.25) is 0 Å². The smallest absolute Gasteiger partial charge is 0.347 e. The zero-order chi connectivity index (χ0) is 26.2. The van der Waals surface area contributed by atoms with Crippen molar-refractivity contribution in [2.24, 2.45) is 0 Å². The summed E-state index contributed by atoms with van der Waals surface area (Å²) in [4.78, 5) is 33.8. The molecule has 2 heterocycles. The molecule has 38 heavy (non-hydrogen) atoms. The van der Waals surface area contributed by atoms with Crippen LogP contribution in [0.2, 0.25) is 0 Å². The molecule has 0 atom stereocenters. The van der Waals surface area contributed by atoms with E-state index in [1.165, 1.54) is 0 Å². The molecule has 6 aromatic rings. The molecule has 0 saturated carbocycles. The molecule has 0 spiro atoms. The van der Waals surface area contributed by atoms with E-state index < -0.39 is 11.3 Å². The van der Waals surface area contributed by atoms with Crippen molar-refractivity contribution in [2.45, 2.75) is 0 Å². The molecular weight excluding hydrogens is 612 g/mol. The fraction of sp³-hybridized carbons (Fsp3) is 0. The van der Waals surface area contributed by atoms with Crippen molar-refractivity contribution in [2.75, 3.05) is 0 Å². The van der Waals surface area contributed by atoms with Crippen LogP contribution in [-0.2, 0) is 0 Å². The molecule has 0 N–H and O–H groups in total. The largest absolute Gasteiger partial charge is 0.403 e. The van der Waals surface area contributed by atoms with Crippen LogP contribution in [-0.4, -0.2) is 9.97 Å². The Balaban J connectivity index is 1.21. The van der Waals surface area contributed by atoms with Crippen molar-refractivity contribution in [1.29, 1.82) is 0 Å². The number of hydrogen-bond acceptors (Lipinski definition) is 6. The van der Waals surface area contributed by atoms with Gasteiger partial charge in [0, 0.05) is 20.1 Å². The van der Waals surface area contributed by atoms with Crippen molar-refractivity contribution < 1.29 is 8.83 Å². The normalized spacial score (nSPS) is 11.5. The van der Waals surface area contributed by atoms with E-state index in [9.17, 15) is 9.59 Å². The average Bonchev–Trinajstić information content (AvgIpc) is 2.93. The van der Waals surface area contributed by atoms with E-state index in [1.807, 2.05) is 72.8 Å². The van der Waals surface area contributed by atoms with E-state index in [0.717, 1.165) is 20.1 Å². The van der Waals surface area contributed by atoms with Gasteiger partial charge in [-0.25, -0.2) is 19.6 Å². The van der Waals surface area contributed by atoms with E-state index >= 15 is 0 Å². The molecule has 6 nitrogen and oxygen atoms in total. The third kappa shape index (κ3) is 4.88. The number of rotatable bonds is 4. The van der Waals surface area contributed by atoms with Gasteiger partial charge in [-0.05, 0) is 71.8 Å². The highest BCUT2D eigenvalue weighted by Crippen LogP contribution is 2.24. The van der Waals surface area contributed by atoms with Crippen LogP contribution in [0, 0.1) is 0 Å². The number of aromatic nitrogens is 2. The van der Waals surface area contributed by atoms with E-state index in [2.05, 4.69) is 41.8 Å². The van der Waals surface area contributed by atoms with Crippen LogP contribution in [0.1, 0.15) is 11.1 Å². The number of fused-ring (bicyclic) bond motifs is 2. The molecule has 0 bridgehead atoms. The van der Waals surface area contributed by atoms with Crippen molar-refractivity contribution in [1.82, 2.24) is 9.97 Å². The highest BCUT2D eigenvalue weighted by molar-refractivity contribution is 9.10. The number of hydrogen-bond donors (Lipinski definition) is 0. The number of halogens is 2. The van der Waals surface area contributed by atoms with Gasteiger partial charge in [-0.1, -0.05) is 68.3 Å². The molecule has 8 heteroatoms. The summed E-state index contributed by atoms with van der Waals surface area (Å²) in [5.74, 6) is 0.551. The second-order valence-electron chi connectivity index (χ2n) is 8.51. The summed E-state index contributed by atoms with van der Waals surface area (Å²) >= 11 is 6.72. The molecule has 0 unspecified atom stereocenters. The summed E-state index contributed by atoms with van der Waals surface area (Å²) in [6, 6.07) is 25.8. The highest BCUT2D eigenvalue weighted by Gasteiger charge is 2.10. The Morgan fingerprint density at radius 3 is 1.34 bits per heavy atom. The molecule has 0 aliphatic heterocycles. The molecule has 184 valence electrons.